The molecule has 15 heteroatoms. The third-order valence-corrected chi connectivity index (χ3v) is 13.0. The van der Waals surface area contributed by atoms with Crippen molar-refractivity contribution in [2.75, 3.05) is 39.8 Å². The molecule has 0 aromatic heterocycles. The maximum Gasteiger partial charge on any atom is 0.338 e. The van der Waals surface area contributed by atoms with Gasteiger partial charge in [-0.3, -0.25) is 4.79 Å². The molecule has 63 heavy (non-hydrogen) atoms. The van der Waals surface area contributed by atoms with Gasteiger partial charge < -0.3 is 37.9 Å². The lowest BCUT2D eigenvalue weighted by Gasteiger charge is -2.44. The first-order chi connectivity index (χ1) is 29.9. The number of benzene rings is 3. The monoisotopic (exact) mass is 892 g/mol. The fourth-order valence-electron chi connectivity index (χ4n) is 7.89. The Hall–Kier alpha value is -4.93. The Morgan fingerprint density at radius 2 is 1.44 bits per heavy atom. The second kappa shape index (κ2) is 22.1. The van der Waals surface area contributed by atoms with Gasteiger partial charge in [0, 0.05) is 39.4 Å². The Kier molecular flexibility index (Phi) is 17.2. The smallest absolute Gasteiger partial charge is 0.338 e. The highest BCUT2D eigenvalue weighted by Gasteiger charge is 2.51. The molecule has 0 radical (unpaired) electrons. The summed E-state index contributed by atoms with van der Waals surface area (Å²) >= 11 is 0. The Labute approximate surface area is 370 Å². The van der Waals surface area contributed by atoms with Crippen molar-refractivity contribution < 1.29 is 65.5 Å². The molecule has 2 fully saturated rings. The van der Waals surface area contributed by atoms with Crippen LogP contribution in [0.3, 0.4) is 0 Å². The number of methoxy groups -OCH3 is 2. The van der Waals surface area contributed by atoms with Gasteiger partial charge in [0.05, 0.1) is 64.3 Å². The van der Waals surface area contributed by atoms with Gasteiger partial charge in [-0.25, -0.2) is 22.8 Å². The average molecular weight is 893 g/mol. The molecule has 2 saturated heterocycles. The molecule has 0 aliphatic carbocycles. The van der Waals surface area contributed by atoms with Gasteiger partial charge in [-0.15, -0.1) is 0 Å². The quantitative estimate of drug-likeness (QED) is 0.0504. The number of hydrogen-bond donors (Lipinski definition) is 0. The molecule has 3 aromatic rings. The summed E-state index contributed by atoms with van der Waals surface area (Å²) in [5.74, 6) is -3.39. The van der Waals surface area contributed by atoms with Crippen LogP contribution in [0.4, 0.5) is 0 Å². The molecule has 0 saturated carbocycles. The third kappa shape index (κ3) is 13.5. The molecular formula is C48H60O14S. The summed E-state index contributed by atoms with van der Waals surface area (Å²) in [7, 11) is -1.08. The number of ether oxygens (including phenoxy) is 8. The van der Waals surface area contributed by atoms with Crippen molar-refractivity contribution in [3.8, 4) is 0 Å². The van der Waals surface area contributed by atoms with Gasteiger partial charge >= 0.3 is 23.9 Å². The number of carbonyl (C=O) groups excluding carboxylic acids is 4. The molecule has 8 atom stereocenters. The molecule has 2 aliphatic heterocycles. The third-order valence-electron chi connectivity index (χ3n) is 11.2. The second-order valence-electron chi connectivity index (χ2n) is 17.1. The van der Waals surface area contributed by atoms with Crippen LogP contribution < -0.4 is 0 Å². The minimum atomic E-state index is -3.92. The van der Waals surface area contributed by atoms with Crippen LogP contribution in [0, 0.1) is 11.3 Å². The van der Waals surface area contributed by atoms with Crippen LogP contribution in [0.1, 0.15) is 80.5 Å². The van der Waals surface area contributed by atoms with Crippen molar-refractivity contribution in [3.05, 3.63) is 114 Å². The van der Waals surface area contributed by atoms with Crippen LogP contribution in [-0.4, -0.2) is 114 Å². The zero-order valence-corrected chi connectivity index (χ0v) is 37.7. The van der Waals surface area contributed by atoms with E-state index >= 15 is 0 Å². The topological polar surface area (TPSA) is 176 Å². The molecule has 0 spiro atoms. The Morgan fingerprint density at radius 1 is 0.841 bits per heavy atom. The summed E-state index contributed by atoms with van der Waals surface area (Å²) in [6.45, 7) is 10.9. The SMILES string of the molecule is C=C1[C@@H](C[C@@H]2O[C@H](C[C@@H](COC(=O)c3ccccc3)OC(=O)c3ccccc3)[C@H](OC)[C@H]2CS(=O)(=O)c2ccccc2)O[C@@H](CCCOC(=O)C(C)(C)C)C[C@@]1(C)OC(=O)COC. The maximum atomic E-state index is 14.1. The van der Waals surface area contributed by atoms with Gasteiger partial charge in [0.1, 0.15) is 24.9 Å². The fourth-order valence-corrected chi connectivity index (χ4v) is 9.57. The van der Waals surface area contributed by atoms with Gasteiger partial charge in [-0.05, 0) is 82.5 Å². The number of rotatable bonds is 20. The van der Waals surface area contributed by atoms with E-state index in [4.69, 9.17) is 37.9 Å². The van der Waals surface area contributed by atoms with Crippen LogP contribution >= 0.6 is 0 Å². The lowest BCUT2D eigenvalue weighted by molar-refractivity contribution is -0.173. The molecule has 14 nitrogen and oxygen atoms in total. The van der Waals surface area contributed by atoms with Gasteiger partial charge in [-0.1, -0.05) is 61.2 Å². The van der Waals surface area contributed by atoms with E-state index in [0.29, 0.717) is 24.0 Å². The predicted octanol–water partition coefficient (Wildman–Crippen LogP) is 6.75. The van der Waals surface area contributed by atoms with E-state index in [9.17, 15) is 27.6 Å². The van der Waals surface area contributed by atoms with Crippen LogP contribution in [0.5, 0.6) is 0 Å². The number of hydrogen-bond acceptors (Lipinski definition) is 14. The zero-order valence-electron chi connectivity index (χ0n) is 36.9. The highest BCUT2D eigenvalue weighted by molar-refractivity contribution is 7.91. The van der Waals surface area contributed by atoms with E-state index in [0.717, 1.165) is 0 Å². The van der Waals surface area contributed by atoms with E-state index in [-0.39, 0.29) is 61.3 Å². The minimum Gasteiger partial charge on any atom is -0.465 e. The molecule has 342 valence electrons. The van der Waals surface area contributed by atoms with Gasteiger partial charge in [0.25, 0.3) is 0 Å². The lowest BCUT2D eigenvalue weighted by atomic mass is 9.80. The normalized spacial score (nSPS) is 24.3. The first-order valence-electron chi connectivity index (χ1n) is 21.1. The fraction of sp³-hybridized carbons (Fsp3) is 0.500. The number of carbonyl (C=O) groups is 4. The lowest BCUT2D eigenvalue weighted by Crippen LogP contribution is -2.50. The molecule has 0 N–H and O–H groups in total. The molecule has 0 unspecified atom stereocenters. The van der Waals surface area contributed by atoms with E-state index in [2.05, 4.69) is 6.58 Å². The summed E-state index contributed by atoms with van der Waals surface area (Å²) < 4.78 is 75.9. The van der Waals surface area contributed by atoms with E-state index in [1.54, 1.807) is 107 Å². The summed E-state index contributed by atoms with van der Waals surface area (Å²) in [5.41, 5.74) is -0.856. The predicted molar refractivity (Wildman–Crippen MR) is 231 cm³/mol. The zero-order chi connectivity index (χ0) is 45.8. The number of sulfone groups is 1. The van der Waals surface area contributed by atoms with Crippen LogP contribution in [0.2, 0.25) is 0 Å². The molecule has 0 amide bonds. The van der Waals surface area contributed by atoms with E-state index in [1.807, 2.05) is 0 Å². The van der Waals surface area contributed by atoms with Crippen molar-refractivity contribution in [2.45, 2.75) is 107 Å². The van der Waals surface area contributed by atoms with Crippen molar-refractivity contribution in [1.82, 2.24) is 0 Å². The first-order valence-corrected chi connectivity index (χ1v) is 22.8. The minimum absolute atomic E-state index is 0.0355. The van der Waals surface area contributed by atoms with Crippen LogP contribution in [0.25, 0.3) is 0 Å². The van der Waals surface area contributed by atoms with Crippen LogP contribution in [-0.2, 0) is 57.3 Å². The van der Waals surface area contributed by atoms with E-state index in [1.165, 1.54) is 26.4 Å². The average Bonchev–Trinajstić information content (AvgIpc) is 3.57. The number of esters is 4. The highest BCUT2D eigenvalue weighted by Crippen LogP contribution is 2.43. The Balaban J connectivity index is 1.44. The Morgan fingerprint density at radius 3 is 2.03 bits per heavy atom. The summed E-state index contributed by atoms with van der Waals surface area (Å²) in [4.78, 5) is 52.0. The Bertz CT molecular complexity index is 2100. The van der Waals surface area contributed by atoms with Crippen molar-refractivity contribution >= 4 is 33.7 Å². The van der Waals surface area contributed by atoms with Gasteiger partial charge in [0.2, 0.25) is 0 Å². The van der Waals surface area contributed by atoms with Gasteiger partial charge in [0.15, 0.2) is 9.84 Å². The standard InChI is InChI=1S/C48H60O14S/c1-32-39(59-35(22-17-25-57-46(52)47(2,3)4)28-48(32,5)62-42(49)30-55-6)27-40-38(31-63(53,54)37-23-15-10-16-24-37)43(56-7)41(61-40)26-36(60-45(51)34-20-13-9-14-21-34)29-58-44(50)33-18-11-8-12-19-33/h8-16,18-21,23-24,35-36,38-41,43H,1,17,22,25-31H2,2-7H3/t35-,36-,38-,39+,40-,41+,43+,48+/m0/s1. The highest BCUT2D eigenvalue weighted by atomic mass is 32.2. The summed E-state index contributed by atoms with van der Waals surface area (Å²) in [6, 6.07) is 24.8. The van der Waals surface area contributed by atoms with Crippen molar-refractivity contribution in [2.24, 2.45) is 11.3 Å². The molecule has 3 aromatic carbocycles. The maximum absolute atomic E-state index is 14.1. The largest absolute Gasteiger partial charge is 0.465 e. The molecule has 2 heterocycles. The first kappa shape index (κ1) is 49.1. The second-order valence-corrected chi connectivity index (χ2v) is 19.2. The molecule has 5 rings (SSSR count). The van der Waals surface area contributed by atoms with Crippen LogP contribution in [0.15, 0.2) is 108 Å². The molecule has 0 bridgehead atoms. The molecule has 2 aliphatic rings. The van der Waals surface area contributed by atoms with Crippen molar-refractivity contribution in [1.29, 1.82) is 0 Å². The summed E-state index contributed by atoms with van der Waals surface area (Å²) in [5, 5.41) is 0. The van der Waals surface area contributed by atoms with Gasteiger partial charge in [-0.2, -0.15) is 0 Å². The van der Waals surface area contributed by atoms with Crippen molar-refractivity contribution in [3.63, 3.8) is 0 Å². The summed E-state index contributed by atoms with van der Waals surface area (Å²) in [6.07, 6.45) is -3.71. The van der Waals surface area contributed by atoms with E-state index < -0.39 is 81.3 Å². The molecular weight excluding hydrogens is 833 g/mol.